The minimum atomic E-state index is 0.0937. The standard InChI is InChI=1S/C18H26N6O2/c1-4-24-11-14(10-19-24)17(25)23-7-5-18(6-8-23)9-15(22(3)12-18)16-20-13(2)26-21-16/h10-11,15H,4-9,12H2,1-3H3. The molecule has 0 saturated carbocycles. The van der Waals surface area contributed by atoms with Crippen molar-refractivity contribution in [1.29, 1.82) is 0 Å². The van der Waals surface area contributed by atoms with Crippen molar-refractivity contribution >= 4 is 5.91 Å². The molecule has 0 N–H and O–H groups in total. The SMILES string of the molecule is CCn1cc(C(=O)N2CCC3(CC2)CC(c2noc(C)n2)N(C)C3)cn1. The molecule has 0 aliphatic carbocycles. The molecule has 2 aliphatic rings. The number of hydrogen-bond acceptors (Lipinski definition) is 6. The smallest absolute Gasteiger partial charge is 0.257 e. The minimum absolute atomic E-state index is 0.0937. The van der Waals surface area contributed by atoms with Crippen LogP contribution in [0.2, 0.25) is 0 Å². The van der Waals surface area contributed by atoms with Crippen LogP contribution in [0.4, 0.5) is 0 Å². The maximum absolute atomic E-state index is 12.7. The molecule has 1 spiro atoms. The molecule has 8 heteroatoms. The molecule has 1 unspecified atom stereocenters. The fourth-order valence-corrected chi connectivity index (χ4v) is 4.38. The summed E-state index contributed by atoms with van der Waals surface area (Å²) in [7, 11) is 2.13. The van der Waals surface area contributed by atoms with Crippen molar-refractivity contribution in [3.63, 3.8) is 0 Å². The summed E-state index contributed by atoms with van der Waals surface area (Å²) in [6.45, 7) is 7.22. The fourth-order valence-electron chi connectivity index (χ4n) is 4.38. The molecule has 26 heavy (non-hydrogen) atoms. The number of hydrogen-bond donors (Lipinski definition) is 0. The molecule has 0 radical (unpaired) electrons. The molecule has 4 heterocycles. The fraction of sp³-hybridized carbons (Fsp3) is 0.667. The van der Waals surface area contributed by atoms with E-state index in [1.165, 1.54) is 0 Å². The van der Waals surface area contributed by atoms with Gasteiger partial charge in [-0.1, -0.05) is 5.16 Å². The van der Waals surface area contributed by atoms with Crippen LogP contribution >= 0.6 is 0 Å². The second-order valence-corrected chi connectivity index (χ2v) is 7.68. The second-order valence-electron chi connectivity index (χ2n) is 7.68. The van der Waals surface area contributed by atoms with Gasteiger partial charge in [-0.2, -0.15) is 10.1 Å². The van der Waals surface area contributed by atoms with E-state index in [2.05, 4.69) is 27.2 Å². The number of amides is 1. The Kier molecular flexibility index (Phi) is 4.30. The third-order valence-corrected chi connectivity index (χ3v) is 5.90. The third kappa shape index (κ3) is 3.02. The maximum atomic E-state index is 12.7. The van der Waals surface area contributed by atoms with Crippen LogP contribution in [-0.2, 0) is 6.54 Å². The molecular formula is C18H26N6O2. The van der Waals surface area contributed by atoms with Crippen LogP contribution in [-0.4, -0.2) is 62.3 Å². The lowest BCUT2D eigenvalue weighted by molar-refractivity contribution is 0.0593. The zero-order valence-corrected chi connectivity index (χ0v) is 15.7. The first-order valence-electron chi connectivity index (χ1n) is 9.32. The number of nitrogens with zero attached hydrogens (tertiary/aromatic N) is 6. The van der Waals surface area contributed by atoms with Crippen LogP contribution in [0.25, 0.3) is 0 Å². The van der Waals surface area contributed by atoms with Gasteiger partial charge in [0.25, 0.3) is 5.91 Å². The van der Waals surface area contributed by atoms with Gasteiger partial charge in [-0.05, 0) is 38.6 Å². The Hall–Kier alpha value is -2.22. The number of likely N-dealkylation sites (tertiary alicyclic amines) is 2. The van der Waals surface area contributed by atoms with E-state index < -0.39 is 0 Å². The molecule has 4 rings (SSSR count). The first-order valence-corrected chi connectivity index (χ1v) is 9.32. The van der Waals surface area contributed by atoms with Gasteiger partial charge in [-0.25, -0.2) is 0 Å². The van der Waals surface area contributed by atoms with Gasteiger partial charge in [0.1, 0.15) is 0 Å². The van der Waals surface area contributed by atoms with E-state index in [0.717, 1.165) is 51.3 Å². The first-order chi connectivity index (χ1) is 12.5. The predicted molar refractivity (Wildman–Crippen MR) is 94.5 cm³/mol. The molecule has 1 atom stereocenters. The van der Waals surface area contributed by atoms with E-state index in [4.69, 9.17) is 4.52 Å². The summed E-state index contributed by atoms with van der Waals surface area (Å²) < 4.78 is 6.95. The number of rotatable bonds is 3. The van der Waals surface area contributed by atoms with Crippen LogP contribution in [0.5, 0.6) is 0 Å². The average Bonchev–Trinajstić information content (AvgIpc) is 3.34. The van der Waals surface area contributed by atoms with E-state index in [9.17, 15) is 4.79 Å². The van der Waals surface area contributed by atoms with Crippen molar-refractivity contribution in [2.75, 3.05) is 26.7 Å². The quantitative estimate of drug-likeness (QED) is 0.834. The molecule has 2 aromatic heterocycles. The van der Waals surface area contributed by atoms with E-state index in [1.807, 2.05) is 24.9 Å². The Balaban J connectivity index is 1.41. The monoisotopic (exact) mass is 358 g/mol. The first kappa shape index (κ1) is 17.2. The lowest BCUT2D eigenvalue weighted by Crippen LogP contribution is -2.44. The van der Waals surface area contributed by atoms with E-state index in [-0.39, 0.29) is 17.4 Å². The molecule has 0 bridgehead atoms. The zero-order valence-electron chi connectivity index (χ0n) is 15.7. The molecule has 2 saturated heterocycles. The van der Waals surface area contributed by atoms with Crippen molar-refractivity contribution in [3.8, 4) is 0 Å². The van der Waals surface area contributed by atoms with E-state index in [0.29, 0.717) is 11.5 Å². The van der Waals surface area contributed by atoms with E-state index >= 15 is 0 Å². The van der Waals surface area contributed by atoms with Gasteiger partial charge >= 0.3 is 0 Å². The van der Waals surface area contributed by atoms with Gasteiger partial charge < -0.3 is 9.42 Å². The van der Waals surface area contributed by atoms with Gasteiger partial charge in [0.2, 0.25) is 5.89 Å². The van der Waals surface area contributed by atoms with Crippen LogP contribution in [0.1, 0.15) is 54.3 Å². The summed E-state index contributed by atoms with van der Waals surface area (Å²) in [6.07, 6.45) is 6.56. The van der Waals surface area contributed by atoms with Crippen molar-refractivity contribution < 1.29 is 9.32 Å². The lowest BCUT2D eigenvalue weighted by atomic mass is 9.76. The highest BCUT2D eigenvalue weighted by atomic mass is 16.5. The summed E-state index contributed by atoms with van der Waals surface area (Å²) in [5.41, 5.74) is 0.921. The Labute approximate surface area is 153 Å². The van der Waals surface area contributed by atoms with Gasteiger partial charge in [0.15, 0.2) is 5.82 Å². The molecule has 0 aromatic carbocycles. The lowest BCUT2D eigenvalue weighted by Gasteiger charge is -2.39. The normalized spacial score (nSPS) is 23.0. The summed E-state index contributed by atoms with van der Waals surface area (Å²) in [6, 6.07) is 0.206. The third-order valence-electron chi connectivity index (χ3n) is 5.90. The molecule has 2 fully saturated rings. The van der Waals surface area contributed by atoms with Crippen molar-refractivity contribution in [1.82, 2.24) is 29.7 Å². The number of aryl methyl sites for hydroxylation is 2. The molecular weight excluding hydrogens is 332 g/mol. The van der Waals surface area contributed by atoms with Gasteiger partial charge in [0, 0.05) is 39.3 Å². The topological polar surface area (TPSA) is 80.3 Å². The summed E-state index contributed by atoms with van der Waals surface area (Å²) >= 11 is 0. The summed E-state index contributed by atoms with van der Waals surface area (Å²) in [5, 5.41) is 8.33. The molecule has 2 aliphatic heterocycles. The number of carbonyl (C=O) groups excluding carboxylic acids is 1. The number of piperidine rings is 1. The largest absolute Gasteiger partial charge is 0.340 e. The highest BCUT2D eigenvalue weighted by Crippen LogP contribution is 2.47. The zero-order chi connectivity index (χ0) is 18.3. The van der Waals surface area contributed by atoms with E-state index in [1.54, 1.807) is 10.9 Å². The molecule has 8 nitrogen and oxygen atoms in total. The minimum Gasteiger partial charge on any atom is -0.340 e. The maximum Gasteiger partial charge on any atom is 0.257 e. The van der Waals surface area contributed by atoms with Crippen molar-refractivity contribution in [2.24, 2.45) is 5.41 Å². The van der Waals surface area contributed by atoms with Crippen molar-refractivity contribution in [2.45, 2.75) is 45.7 Å². The Bertz CT molecular complexity index is 789. The molecule has 2 aromatic rings. The van der Waals surface area contributed by atoms with Gasteiger partial charge in [0.05, 0.1) is 17.8 Å². The molecule has 140 valence electrons. The second kappa shape index (κ2) is 6.50. The highest BCUT2D eigenvalue weighted by molar-refractivity contribution is 5.93. The average molecular weight is 358 g/mol. The summed E-state index contributed by atoms with van der Waals surface area (Å²) in [4.78, 5) is 21.4. The van der Waals surface area contributed by atoms with Crippen LogP contribution in [0, 0.1) is 12.3 Å². The Morgan fingerprint density at radius 2 is 2.15 bits per heavy atom. The highest BCUT2D eigenvalue weighted by Gasteiger charge is 2.46. The van der Waals surface area contributed by atoms with Crippen LogP contribution < -0.4 is 0 Å². The van der Waals surface area contributed by atoms with Crippen LogP contribution in [0.3, 0.4) is 0 Å². The molecule has 1 amide bonds. The van der Waals surface area contributed by atoms with Gasteiger partial charge in [-0.15, -0.1) is 0 Å². The number of aromatic nitrogens is 4. The Morgan fingerprint density at radius 1 is 1.38 bits per heavy atom. The Morgan fingerprint density at radius 3 is 2.77 bits per heavy atom. The summed E-state index contributed by atoms with van der Waals surface area (Å²) in [5.74, 6) is 1.49. The van der Waals surface area contributed by atoms with Gasteiger partial charge in [-0.3, -0.25) is 14.4 Å². The van der Waals surface area contributed by atoms with Crippen molar-refractivity contribution in [3.05, 3.63) is 29.7 Å². The van der Waals surface area contributed by atoms with Crippen LogP contribution in [0.15, 0.2) is 16.9 Å². The number of carbonyl (C=O) groups is 1. The predicted octanol–water partition coefficient (Wildman–Crippen LogP) is 1.89.